The Hall–Kier alpha value is -1.10. The van der Waals surface area contributed by atoms with Crippen molar-refractivity contribution in [3.05, 3.63) is 29.8 Å². The Morgan fingerprint density at radius 2 is 1.86 bits per heavy atom. The maximum absolute atomic E-state index is 9.69. The van der Waals surface area contributed by atoms with Gasteiger partial charge in [0.15, 0.2) is 0 Å². The summed E-state index contributed by atoms with van der Waals surface area (Å²) in [6.07, 6.45) is 0.863. The minimum absolute atomic E-state index is 0.0327. The molecule has 0 aromatic heterocycles. The first kappa shape index (κ1) is 18.0. The SMILES string of the molecule is COc1ccccc1CC(C)N(C)C(CO)C(N)C(C)C. The molecule has 1 aromatic carbocycles. The van der Waals surface area contributed by atoms with Crippen LogP contribution in [-0.2, 0) is 6.42 Å². The first-order chi connectivity index (χ1) is 9.92. The number of rotatable bonds is 8. The van der Waals surface area contributed by atoms with Gasteiger partial charge in [0.25, 0.3) is 0 Å². The largest absolute Gasteiger partial charge is 0.496 e. The van der Waals surface area contributed by atoms with Gasteiger partial charge >= 0.3 is 0 Å². The minimum Gasteiger partial charge on any atom is -0.496 e. The van der Waals surface area contributed by atoms with Gasteiger partial charge in [-0.25, -0.2) is 0 Å². The lowest BCUT2D eigenvalue weighted by atomic mass is 9.95. The Morgan fingerprint density at radius 1 is 1.24 bits per heavy atom. The van der Waals surface area contributed by atoms with Crippen LogP contribution < -0.4 is 10.5 Å². The Bertz CT molecular complexity index is 423. The van der Waals surface area contributed by atoms with Crippen molar-refractivity contribution in [1.82, 2.24) is 4.90 Å². The van der Waals surface area contributed by atoms with E-state index < -0.39 is 0 Å². The highest BCUT2D eigenvalue weighted by Gasteiger charge is 2.27. The van der Waals surface area contributed by atoms with Gasteiger partial charge in [-0.1, -0.05) is 32.0 Å². The zero-order valence-electron chi connectivity index (χ0n) is 13.9. The second-order valence-electron chi connectivity index (χ2n) is 6.10. The van der Waals surface area contributed by atoms with Gasteiger partial charge in [-0.05, 0) is 37.9 Å². The van der Waals surface area contributed by atoms with Gasteiger partial charge in [0.2, 0.25) is 0 Å². The summed E-state index contributed by atoms with van der Waals surface area (Å²) < 4.78 is 5.41. The topological polar surface area (TPSA) is 58.7 Å². The van der Waals surface area contributed by atoms with Gasteiger partial charge in [-0.15, -0.1) is 0 Å². The van der Waals surface area contributed by atoms with Crippen LogP contribution in [0.5, 0.6) is 5.75 Å². The van der Waals surface area contributed by atoms with E-state index in [1.807, 2.05) is 25.2 Å². The molecule has 1 aromatic rings. The fraction of sp³-hybridized carbons (Fsp3) is 0.647. The number of nitrogens with two attached hydrogens (primary N) is 1. The summed E-state index contributed by atoms with van der Waals surface area (Å²) in [5.74, 6) is 1.24. The highest BCUT2D eigenvalue weighted by Crippen LogP contribution is 2.21. The molecule has 0 heterocycles. The van der Waals surface area contributed by atoms with Gasteiger partial charge in [0, 0.05) is 18.1 Å². The number of para-hydroxylation sites is 1. The molecule has 1 rings (SSSR count). The van der Waals surface area contributed by atoms with E-state index in [2.05, 4.69) is 31.7 Å². The molecule has 0 aliphatic heterocycles. The number of nitrogens with zero attached hydrogens (tertiary/aromatic N) is 1. The van der Waals surface area contributed by atoms with Gasteiger partial charge < -0.3 is 15.6 Å². The van der Waals surface area contributed by atoms with E-state index in [1.165, 1.54) is 5.56 Å². The van der Waals surface area contributed by atoms with Crippen molar-refractivity contribution in [2.45, 2.75) is 45.3 Å². The molecule has 120 valence electrons. The van der Waals surface area contributed by atoms with E-state index in [0.717, 1.165) is 12.2 Å². The lowest BCUT2D eigenvalue weighted by Gasteiger charge is -2.37. The first-order valence-corrected chi connectivity index (χ1v) is 7.62. The molecule has 4 nitrogen and oxygen atoms in total. The summed E-state index contributed by atoms with van der Waals surface area (Å²) in [4.78, 5) is 2.18. The highest BCUT2D eigenvalue weighted by atomic mass is 16.5. The van der Waals surface area contributed by atoms with Gasteiger partial charge in [-0.3, -0.25) is 4.90 Å². The number of benzene rings is 1. The van der Waals surface area contributed by atoms with Crippen LogP contribution in [0.15, 0.2) is 24.3 Å². The van der Waals surface area contributed by atoms with Crippen LogP contribution in [-0.4, -0.2) is 48.9 Å². The van der Waals surface area contributed by atoms with Crippen LogP contribution in [0.2, 0.25) is 0 Å². The normalized spacial score (nSPS) is 16.0. The van der Waals surface area contributed by atoms with E-state index in [-0.39, 0.29) is 24.7 Å². The van der Waals surface area contributed by atoms with Crippen LogP contribution in [0, 0.1) is 5.92 Å². The number of hydrogen-bond donors (Lipinski definition) is 2. The van der Waals surface area contributed by atoms with Crippen molar-refractivity contribution in [3.8, 4) is 5.75 Å². The Morgan fingerprint density at radius 3 is 2.38 bits per heavy atom. The molecule has 21 heavy (non-hydrogen) atoms. The van der Waals surface area contributed by atoms with Gasteiger partial charge in [0.05, 0.1) is 13.7 Å². The molecule has 0 spiro atoms. The average Bonchev–Trinajstić information content (AvgIpc) is 2.48. The summed E-state index contributed by atoms with van der Waals surface area (Å²) in [5, 5.41) is 9.69. The third-order valence-corrected chi connectivity index (χ3v) is 4.33. The predicted molar refractivity (Wildman–Crippen MR) is 87.6 cm³/mol. The number of aliphatic hydroxyl groups is 1. The minimum atomic E-state index is -0.0416. The Labute approximate surface area is 128 Å². The van der Waals surface area contributed by atoms with Crippen LogP contribution in [0.1, 0.15) is 26.3 Å². The Kier molecular flexibility index (Phi) is 7.15. The third-order valence-electron chi connectivity index (χ3n) is 4.33. The summed E-state index contributed by atoms with van der Waals surface area (Å²) in [6, 6.07) is 8.25. The van der Waals surface area contributed by atoms with Crippen molar-refractivity contribution >= 4 is 0 Å². The molecule has 3 unspecified atom stereocenters. The quantitative estimate of drug-likeness (QED) is 0.769. The number of likely N-dealkylation sites (N-methyl/N-ethyl adjacent to an activating group) is 1. The summed E-state index contributed by atoms with van der Waals surface area (Å²) >= 11 is 0. The van der Waals surface area contributed by atoms with Crippen LogP contribution in [0.4, 0.5) is 0 Å². The second-order valence-corrected chi connectivity index (χ2v) is 6.10. The van der Waals surface area contributed by atoms with Gasteiger partial charge in [-0.2, -0.15) is 0 Å². The Balaban J connectivity index is 2.79. The maximum Gasteiger partial charge on any atom is 0.122 e. The van der Waals surface area contributed by atoms with Gasteiger partial charge in [0.1, 0.15) is 5.75 Å². The summed E-state index contributed by atoms with van der Waals surface area (Å²) in [6.45, 7) is 6.41. The molecule has 0 saturated carbocycles. The average molecular weight is 294 g/mol. The van der Waals surface area contributed by atoms with Crippen molar-refractivity contribution in [3.63, 3.8) is 0 Å². The van der Waals surface area contributed by atoms with Crippen LogP contribution in [0.25, 0.3) is 0 Å². The van der Waals surface area contributed by atoms with Crippen molar-refractivity contribution in [2.24, 2.45) is 11.7 Å². The van der Waals surface area contributed by atoms with E-state index in [4.69, 9.17) is 10.5 Å². The van der Waals surface area contributed by atoms with Crippen molar-refractivity contribution in [1.29, 1.82) is 0 Å². The zero-order chi connectivity index (χ0) is 16.0. The number of ether oxygens (including phenoxy) is 1. The zero-order valence-corrected chi connectivity index (χ0v) is 13.9. The molecule has 3 N–H and O–H groups in total. The highest BCUT2D eigenvalue weighted by molar-refractivity contribution is 5.33. The maximum atomic E-state index is 9.69. The lowest BCUT2D eigenvalue weighted by Crippen LogP contribution is -2.54. The number of methoxy groups -OCH3 is 1. The first-order valence-electron chi connectivity index (χ1n) is 7.62. The predicted octanol–water partition coefficient (Wildman–Crippen LogP) is 1.90. The third kappa shape index (κ3) is 4.70. The van der Waals surface area contributed by atoms with Crippen molar-refractivity contribution in [2.75, 3.05) is 20.8 Å². The standard InChI is InChI=1S/C17H30N2O2/c1-12(2)17(18)15(11-20)19(4)13(3)10-14-8-6-7-9-16(14)21-5/h6-9,12-13,15,17,20H,10-11,18H2,1-5H3. The molecule has 0 amide bonds. The van der Waals surface area contributed by atoms with E-state index in [1.54, 1.807) is 7.11 Å². The molecular formula is C17H30N2O2. The molecule has 4 heteroatoms. The molecule has 3 atom stereocenters. The molecule has 0 saturated heterocycles. The molecule has 0 aliphatic carbocycles. The van der Waals surface area contributed by atoms with E-state index in [9.17, 15) is 5.11 Å². The molecule has 0 fully saturated rings. The monoisotopic (exact) mass is 294 g/mol. The van der Waals surface area contributed by atoms with E-state index in [0.29, 0.717) is 5.92 Å². The van der Waals surface area contributed by atoms with Crippen molar-refractivity contribution < 1.29 is 9.84 Å². The summed E-state index contributed by atoms with van der Waals surface area (Å²) in [5.41, 5.74) is 7.41. The summed E-state index contributed by atoms with van der Waals surface area (Å²) in [7, 11) is 3.72. The van der Waals surface area contributed by atoms with Crippen LogP contribution in [0.3, 0.4) is 0 Å². The number of hydrogen-bond acceptors (Lipinski definition) is 4. The molecule has 0 radical (unpaired) electrons. The van der Waals surface area contributed by atoms with Crippen LogP contribution >= 0.6 is 0 Å². The lowest BCUT2D eigenvalue weighted by molar-refractivity contribution is 0.0846. The fourth-order valence-electron chi connectivity index (χ4n) is 2.63. The number of aliphatic hydroxyl groups excluding tert-OH is 1. The second kappa shape index (κ2) is 8.37. The molecule has 0 aliphatic rings. The fourth-order valence-corrected chi connectivity index (χ4v) is 2.63. The molecule has 0 bridgehead atoms. The molecular weight excluding hydrogens is 264 g/mol. The smallest absolute Gasteiger partial charge is 0.122 e. The van der Waals surface area contributed by atoms with E-state index >= 15 is 0 Å².